The molecule has 6 fully saturated rings. The van der Waals surface area contributed by atoms with E-state index >= 15 is 0 Å². The Morgan fingerprint density at radius 2 is 0.732 bits per heavy atom. The van der Waals surface area contributed by atoms with Crippen LogP contribution in [0.5, 0.6) is 23.0 Å². The molecule has 6 aliphatic carbocycles. The number of alkyl halides is 6. The van der Waals surface area contributed by atoms with E-state index in [4.69, 9.17) is 83.7 Å². The molecule has 0 aromatic heterocycles. The molecule has 34 heteroatoms. The summed E-state index contributed by atoms with van der Waals surface area (Å²) in [4.78, 5) is 85.3. The van der Waals surface area contributed by atoms with Crippen LogP contribution in [0.2, 0.25) is 0 Å². The van der Waals surface area contributed by atoms with Gasteiger partial charge in [-0.1, -0.05) is 90.9 Å². The van der Waals surface area contributed by atoms with Gasteiger partial charge in [0.1, 0.15) is 86.0 Å². The number of carbonyl (C=O) groups excluding carboxylic acids is 6. The summed E-state index contributed by atoms with van der Waals surface area (Å²) in [6.07, 6.45) is 1.93. The fraction of sp³-hybridized carbons (Fsp3) is 0.438. The lowest BCUT2D eigenvalue weighted by atomic mass is 9.83. The molecule has 12 atom stereocenters. The third-order valence-corrected chi connectivity index (χ3v) is 21.7. The molecule has 6 saturated carbocycles. The molecule has 1 amide bonds. The number of hydrogen-bond acceptors (Lipinski definition) is 24. The second kappa shape index (κ2) is 43.9. The molecule has 2 unspecified atom stereocenters. The summed E-state index contributed by atoms with van der Waals surface area (Å²) in [6, 6.07) is 49.3. The first-order valence-electron chi connectivity index (χ1n) is 39.8. The van der Waals surface area contributed by atoms with Crippen molar-refractivity contribution in [2.24, 2.45) is 17.4 Å². The molecule has 27 nitrogen and oxygen atoms in total. The van der Waals surface area contributed by atoms with Crippen molar-refractivity contribution < 1.29 is 132 Å². The zero-order valence-electron chi connectivity index (χ0n) is 67.2. The molecule has 7 aromatic rings. The third kappa shape index (κ3) is 28.3. The number of amides is 1. The van der Waals surface area contributed by atoms with Crippen molar-refractivity contribution in [3.8, 4) is 23.0 Å². The molecule has 0 saturated heterocycles. The first-order chi connectivity index (χ1) is 57.9. The minimum Gasteiger partial charge on any atom is -0.490 e. The molecule has 11 N–H and O–H groups in total. The molecule has 5 aliphatic heterocycles. The number of aliphatic hydroxyl groups excluding tert-OH is 2. The monoisotopic (exact) mass is 1790 g/mol. The maximum atomic E-state index is 11.5. The highest BCUT2D eigenvalue weighted by Gasteiger charge is 2.41. The van der Waals surface area contributed by atoms with Crippen LogP contribution in [0.15, 0.2) is 156 Å². The minimum atomic E-state index is -5.08. The normalized spacial score (nSPS) is 23.0. The number of aliphatic hydroxyl groups is 2. The van der Waals surface area contributed by atoms with Crippen molar-refractivity contribution in [3.63, 3.8) is 0 Å². The number of rotatable bonds is 15. The summed E-state index contributed by atoms with van der Waals surface area (Å²) < 4.78 is 118. The SMILES string of the molecule is C.CC(C)(C)OC(=O)N[C@H]1CC[C@@H]1O.C[C@H]1CCC1Oc1ccc2c(c1)COC2=O.N[C@H]1CCC1Oc1ccc2c(c1)COC2=O.N[C@H]1CC[C@@H]1O.O=C(O)C(F)(F)F.O=C(O)C(F)(F)F.O=C1OCc2cc(Br)ccc21.O=C1OCc2cc(O[C@@H]3CC[C@H]3NCc3ccccc3)ccc21.O=C1OCc2cc(O[C@H]3CC[C@@H]3NCc3ccccc3)ccc21. The Morgan fingerprint density at radius 3 is 0.984 bits per heavy atom. The smallest absolute Gasteiger partial charge is 0.490 e. The van der Waals surface area contributed by atoms with Gasteiger partial charge in [-0.3, -0.25) is 0 Å². The average Bonchev–Trinajstić information content (AvgIpc) is 1.75. The zero-order chi connectivity index (χ0) is 88.2. The van der Waals surface area contributed by atoms with Crippen LogP contribution in [-0.4, -0.2) is 153 Å². The number of alkyl carbamates (subject to hydrolysis) is 1. The molecule has 5 heterocycles. The molecule has 664 valence electrons. The van der Waals surface area contributed by atoms with Crippen molar-refractivity contribution in [2.45, 2.75) is 243 Å². The molecule has 7 aromatic carbocycles. The number of hydrogen-bond donors (Lipinski definition) is 9. The summed E-state index contributed by atoms with van der Waals surface area (Å²) >= 11 is 3.32. The van der Waals surface area contributed by atoms with Crippen LogP contribution in [0.1, 0.15) is 203 Å². The van der Waals surface area contributed by atoms with Crippen LogP contribution >= 0.6 is 15.9 Å². The van der Waals surface area contributed by atoms with Crippen LogP contribution in [0.25, 0.3) is 0 Å². The number of benzene rings is 7. The predicted octanol–water partition coefficient (Wildman–Crippen LogP) is 14.4. The van der Waals surface area contributed by atoms with Gasteiger partial charge in [0.05, 0.1) is 46.1 Å². The van der Waals surface area contributed by atoms with Crippen LogP contribution in [0, 0.1) is 5.92 Å². The Balaban J connectivity index is 0.000000162. The number of ether oxygens (including phenoxy) is 10. The van der Waals surface area contributed by atoms with E-state index in [1.807, 2.05) is 87.5 Å². The number of carboxylic acid groups (broad SMARTS) is 2. The highest BCUT2D eigenvalue weighted by molar-refractivity contribution is 9.10. The van der Waals surface area contributed by atoms with Gasteiger partial charge in [-0.15, -0.1) is 0 Å². The predicted molar refractivity (Wildman–Crippen MR) is 437 cm³/mol. The number of aliphatic carboxylic acids is 2. The molecule has 123 heavy (non-hydrogen) atoms. The Labute approximate surface area is 715 Å². The lowest BCUT2D eigenvalue weighted by molar-refractivity contribution is -0.193. The Morgan fingerprint density at radius 1 is 0.423 bits per heavy atom. The highest BCUT2D eigenvalue weighted by atomic mass is 79.9. The molecular formula is C89H102BrF6N5O22. The van der Waals surface area contributed by atoms with Gasteiger partial charge < -0.3 is 95.2 Å². The number of cyclic esters (lactones) is 5. The third-order valence-electron chi connectivity index (χ3n) is 21.2. The number of nitrogens with one attached hydrogen (secondary N) is 3. The number of carbonyl (C=O) groups is 8. The van der Waals surface area contributed by atoms with Crippen LogP contribution < -0.4 is 46.4 Å². The van der Waals surface area contributed by atoms with Gasteiger partial charge in [-0.25, -0.2) is 38.4 Å². The van der Waals surface area contributed by atoms with Crippen molar-refractivity contribution in [2.75, 3.05) is 0 Å². The van der Waals surface area contributed by atoms with E-state index < -0.39 is 42.1 Å². The maximum Gasteiger partial charge on any atom is 0.490 e. The average molecular weight is 1790 g/mol. The van der Waals surface area contributed by atoms with Crippen LogP contribution in [0.3, 0.4) is 0 Å². The molecular weight excluding hydrogens is 1680 g/mol. The first-order valence-corrected chi connectivity index (χ1v) is 40.5. The summed E-state index contributed by atoms with van der Waals surface area (Å²) in [5.74, 6) is -2.77. The fourth-order valence-electron chi connectivity index (χ4n) is 13.0. The van der Waals surface area contributed by atoms with Gasteiger partial charge in [-0.2, -0.15) is 26.3 Å². The molecule has 0 bridgehead atoms. The Bertz CT molecular complexity index is 4550. The number of esters is 5. The summed E-state index contributed by atoms with van der Waals surface area (Å²) in [6.45, 7) is 11.2. The van der Waals surface area contributed by atoms with Gasteiger partial charge in [0.2, 0.25) is 0 Å². The quantitative estimate of drug-likeness (QED) is 0.0261. The molecule has 11 aliphatic rings. The Hall–Kier alpha value is -10.9. The van der Waals surface area contributed by atoms with Crippen molar-refractivity contribution in [1.82, 2.24) is 16.0 Å². The largest absolute Gasteiger partial charge is 0.490 e. The van der Waals surface area contributed by atoms with Gasteiger partial charge in [0.15, 0.2) is 0 Å². The molecule has 0 spiro atoms. The topological polar surface area (TPSA) is 398 Å². The van der Waals surface area contributed by atoms with Gasteiger partial charge in [0, 0.05) is 69.5 Å². The van der Waals surface area contributed by atoms with Gasteiger partial charge >= 0.3 is 60.2 Å². The van der Waals surface area contributed by atoms with E-state index in [-0.39, 0.29) is 79.8 Å². The fourth-order valence-corrected chi connectivity index (χ4v) is 13.4. The standard InChI is InChI=1S/2C19H19NO3.C13H14O3.C12H13NO3.C9H17NO3.C8H5BrO2.C4H9NO.2C2HF3O2.CH4/c2*21-19-16-7-6-15(10-14(16)12-22-19)23-18-9-8-17(18)20-11-13-4-2-1-3-5-13;1-8-2-5-12(8)16-10-3-4-11-9(6-10)7-15-13(11)14;13-10-3-4-11(10)16-8-1-2-9-7(5-8)6-15-12(9)14;1-9(2,3)13-8(12)10-6-4-5-7(6)11;9-6-1-2-7-5(3-6)4-11-8(7)10;5-3-1-2-4(3)6;2*3-2(4,5)1(6)7;/h2*1-7,10,17-18,20H,8-9,11-12H2;3-4,6,8,12H,2,5,7H2,1H3;1-2,5,10-11H,3-4,6,13H2;6-7,11H,4-5H2,1-3H3,(H,10,12);1-3H,4H2;3-4,6H,1-2,5H2;2*(H,6,7);1H4/t2*17-,18-;8-,12?;10-,11?;6-,7-;;3-,4-;;;/m10000.0.../s1. The second-order valence-electron chi connectivity index (χ2n) is 31.3. The second-order valence-corrected chi connectivity index (χ2v) is 32.2. The van der Waals surface area contributed by atoms with E-state index in [1.54, 1.807) is 36.4 Å². The van der Waals surface area contributed by atoms with E-state index in [0.717, 1.165) is 139 Å². The van der Waals surface area contributed by atoms with E-state index in [0.29, 0.717) is 85.0 Å². The zero-order valence-corrected chi connectivity index (χ0v) is 68.8. The number of carboxylic acids is 2. The lowest BCUT2D eigenvalue weighted by Gasteiger charge is -2.37. The summed E-state index contributed by atoms with van der Waals surface area (Å²) in [7, 11) is 0. The van der Waals surface area contributed by atoms with Gasteiger partial charge in [-0.05, 0) is 206 Å². The first kappa shape index (κ1) is 95.9. The summed E-state index contributed by atoms with van der Waals surface area (Å²) in [5.41, 5.74) is 21.1. The minimum absolute atomic E-state index is 0. The number of fused-ring (bicyclic) bond motifs is 5. The van der Waals surface area contributed by atoms with Crippen LogP contribution in [0.4, 0.5) is 31.1 Å². The summed E-state index contributed by atoms with van der Waals surface area (Å²) in [5, 5.41) is 41.8. The van der Waals surface area contributed by atoms with E-state index in [9.17, 15) is 60.2 Å². The maximum absolute atomic E-state index is 11.5. The highest BCUT2D eigenvalue weighted by Crippen LogP contribution is 2.36. The molecule has 0 radical (unpaired) electrons. The van der Waals surface area contributed by atoms with E-state index in [2.05, 4.69) is 87.3 Å². The Kier molecular flexibility index (Phi) is 34.3. The lowest BCUT2D eigenvalue weighted by Crippen LogP contribution is -2.51. The van der Waals surface area contributed by atoms with Crippen LogP contribution in [-0.2, 0) is 84.1 Å². The number of nitrogens with two attached hydrogens (primary N) is 2. The van der Waals surface area contributed by atoms with Crippen molar-refractivity contribution >= 4 is 63.8 Å². The van der Waals surface area contributed by atoms with E-state index in [1.165, 1.54) is 17.5 Å². The number of halogens is 7. The molecule has 18 rings (SSSR count). The van der Waals surface area contributed by atoms with Crippen molar-refractivity contribution in [1.29, 1.82) is 0 Å². The van der Waals surface area contributed by atoms with Crippen molar-refractivity contribution in [3.05, 3.63) is 223 Å². The van der Waals surface area contributed by atoms with Gasteiger partial charge in [0.25, 0.3) is 0 Å².